The summed E-state index contributed by atoms with van der Waals surface area (Å²) < 4.78 is 11.4. The Morgan fingerprint density at radius 2 is 1.94 bits per heavy atom. The first-order chi connectivity index (χ1) is 8.15. The number of hydrogen-bond donors (Lipinski definition) is 1. The highest BCUT2D eigenvalue weighted by atomic mass is 16.7. The molecular formula is C13H23NO3. The standard InChI is InChI=1S/C13H23NO3/c1-3-12(14-10(2)15)11-4-6-13(7-5-11)16-8-9-17-13/h11-12H,3-9H2,1-2H3,(H,14,15). The van der Waals surface area contributed by atoms with Crippen LogP contribution in [-0.2, 0) is 14.3 Å². The lowest BCUT2D eigenvalue weighted by Crippen LogP contribution is -2.44. The van der Waals surface area contributed by atoms with Gasteiger partial charge < -0.3 is 14.8 Å². The fraction of sp³-hybridized carbons (Fsp3) is 0.923. The molecule has 0 bridgehead atoms. The van der Waals surface area contributed by atoms with Gasteiger partial charge in [-0.2, -0.15) is 0 Å². The number of hydrogen-bond acceptors (Lipinski definition) is 3. The molecule has 2 rings (SSSR count). The van der Waals surface area contributed by atoms with Crippen molar-refractivity contribution < 1.29 is 14.3 Å². The molecule has 4 nitrogen and oxygen atoms in total. The summed E-state index contributed by atoms with van der Waals surface area (Å²) in [5.41, 5.74) is 0. The lowest BCUT2D eigenvalue weighted by molar-refractivity contribution is -0.183. The highest BCUT2D eigenvalue weighted by Gasteiger charge is 2.41. The molecule has 1 saturated carbocycles. The van der Waals surface area contributed by atoms with Crippen molar-refractivity contribution >= 4 is 5.91 Å². The first-order valence-electron chi connectivity index (χ1n) is 6.70. The average molecular weight is 241 g/mol. The van der Waals surface area contributed by atoms with Crippen LogP contribution < -0.4 is 5.32 Å². The fourth-order valence-corrected chi connectivity index (χ4v) is 3.08. The minimum atomic E-state index is -0.287. The third-order valence-corrected chi connectivity index (χ3v) is 4.00. The highest BCUT2D eigenvalue weighted by molar-refractivity contribution is 5.73. The summed E-state index contributed by atoms with van der Waals surface area (Å²) >= 11 is 0. The molecule has 1 spiro atoms. The third kappa shape index (κ3) is 2.99. The van der Waals surface area contributed by atoms with Crippen LogP contribution in [0.4, 0.5) is 0 Å². The Kier molecular flexibility index (Phi) is 4.05. The first kappa shape index (κ1) is 12.8. The molecule has 1 amide bonds. The minimum Gasteiger partial charge on any atom is -0.353 e. The molecule has 1 aliphatic carbocycles. The molecule has 0 aromatic rings. The second-order valence-electron chi connectivity index (χ2n) is 5.16. The predicted molar refractivity (Wildman–Crippen MR) is 64.5 cm³/mol. The lowest BCUT2D eigenvalue weighted by atomic mass is 9.80. The smallest absolute Gasteiger partial charge is 0.217 e. The molecule has 1 N–H and O–H groups in total. The van der Waals surface area contributed by atoms with Gasteiger partial charge in [-0.25, -0.2) is 0 Å². The van der Waals surface area contributed by atoms with E-state index in [-0.39, 0.29) is 11.7 Å². The van der Waals surface area contributed by atoms with Gasteiger partial charge in [0, 0.05) is 25.8 Å². The highest BCUT2D eigenvalue weighted by Crippen LogP contribution is 2.39. The van der Waals surface area contributed by atoms with Crippen LogP contribution in [0.2, 0.25) is 0 Å². The van der Waals surface area contributed by atoms with Gasteiger partial charge in [-0.3, -0.25) is 4.79 Å². The van der Waals surface area contributed by atoms with Gasteiger partial charge in [0.05, 0.1) is 13.2 Å². The van der Waals surface area contributed by atoms with Crippen molar-refractivity contribution in [1.29, 1.82) is 0 Å². The Labute approximate surface area is 103 Å². The van der Waals surface area contributed by atoms with Crippen molar-refractivity contribution in [3.8, 4) is 0 Å². The molecule has 1 saturated heterocycles. The van der Waals surface area contributed by atoms with E-state index in [1.165, 1.54) is 0 Å². The zero-order valence-corrected chi connectivity index (χ0v) is 10.8. The zero-order valence-electron chi connectivity index (χ0n) is 10.8. The summed E-state index contributed by atoms with van der Waals surface area (Å²) in [5, 5.41) is 3.06. The van der Waals surface area contributed by atoms with Crippen molar-refractivity contribution in [1.82, 2.24) is 5.32 Å². The van der Waals surface area contributed by atoms with Crippen molar-refractivity contribution in [2.24, 2.45) is 5.92 Å². The monoisotopic (exact) mass is 241 g/mol. The molecule has 1 aliphatic heterocycles. The van der Waals surface area contributed by atoms with E-state index < -0.39 is 0 Å². The topological polar surface area (TPSA) is 47.6 Å². The average Bonchev–Trinajstić information content (AvgIpc) is 2.76. The maximum Gasteiger partial charge on any atom is 0.217 e. The lowest BCUT2D eigenvalue weighted by Gasteiger charge is -2.38. The Hall–Kier alpha value is -0.610. The van der Waals surface area contributed by atoms with E-state index in [0.29, 0.717) is 12.0 Å². The van der Waals surface area contributed by atoms with Gasteiger partial charge in [0.2, 0.25) is 5.91 Å². The van der Waals surface area contributed by atoms with Crippen LogP contribution in [0.25, 0.3) is 0 Å². The number of ether oxygens (including phenoxy) is 2. The molecule has 17 heavy (non-hydrogen) atoms. The summed E-state index contributed by atoms with van der Waals surface area (Å²) in [4.78, 5) is 11.1. The third-order valence-electron chi connectivity index (χ3n) is 4.00. The van der Waals surface area contributed by atoms with Crippen LogP contribution in [-0.4, -0.2) is 30.9 Å². The number of amides is 1. The SMILES string of the molecule is CCC(NC(C)=O)C1CCC2(CC1)OCCO2. The summed E-state index contributed by atoms with van der Waals surface area (Å²) in [6.45, 7) is 5.19. The molecule has 0 aromatic carbocycles. The van der Waals surface area contributed by atoms with Crippen molar-refractivity contribution in [3.05, 3.63) is 0 Å². The van der Waals surface area contributed by atoms with Crippen molar-refractivity contribution in [2.45, 2.75) is 57.8 Å². The summed E-state index contributed by atoms with van der Waals surface area (Å²) in [5.74, 6) is 0.359. The van der Waals surface area contributed by atoms with Crippen LogP contribution >= 0.6 is 0 Å². The molecule has 4 heteroatoms. The molecule has 98 valence electrons. The number of carbonyl (C=O) groups excluding carboxylic acids is 1. The van der Waals surface area contributed by atoms with Crippen LogP contribution in [0, 0.1) is 5.92 Å². The van der Waals surface area contributed by atoms with Crippen LogP contribution in [0.1, 0.15) is 46.0 Å². The van der Waals surface area contributed by atoms with Gasteiger partial charge in [-0.05, 0) is 25.2 Å². The van der Waals surface area contributed by atoms with Gasteiger partial charge in [-0.1, -0.05) is 6.92 Å². The molecule has 1 atom stereocenters. The molecular weight excluding hydrogens is 218 g/mol. The molecule has 0 radical (unpaired) electrons. The molecule has 2 fully saturated rings. The van der Waals surface area contributed by atoms with E-state index in [9.17, 15) is 4.79 Å². The summed E-state index contributed by atoms with van der Waals surface area (Å²) in [6, 6.07) is 0.311. The number of carbonyl (C=O) groups is 1. The molecule has 1 unspecified atom stereocenters. The van der Waals surface area contributed by atoms with E-state index in [0.717, 1.165) is 45.3 Å². The molecule has 0 aromatic heterocycles. The second-order valence-corrected chi connectivity index (χ2v) is 5.16. The number of rotatable bonds is 3. The van der Waals surface area contributed by atoms with E-state index in [4.69, 9.17) is 9.47 Å². The van der Waals surface area contributed by atoms with E-state index >= 15 is 0 Å². The van der Waals surface area contributed by atoms with Crippen LogP contribution in [0.3, 0.4) is 0 Å². The van der Waals surface area contributed by atoms with E-state index in [2.05, 4.69) is 12.2 Å². The largest absolute Gasteiger partial charge is 0.353 e. The Bertz CT molecular complexity index is 264. The Morgan fingerprint density at radius 1 is 1.35 bits per heavy atom. The van der Waals surface area contributed by atoms with Crippen molar-refractivity contribution in [3.63, 3.8) is 0 Å². The summed E-state index contributed by atoms with van der Waals surface area (Å²) in [7, 11) is 0. The van der Waals surface area contributed by atoms with Gasteiger partial charge in [0.25, 0.3) is 0 Å². The first-order valence-corrected chi connectivity index (χ1v) is 6.70. The van der Waals surface area contributed by atoms with E-state index in [1.54, 1.807) is 6.92 Å². The maximum atomic E-state index is 11.1. The van der Waals surface area contributed by atoms with Gasteiger partial charge >= 0.3 is 0 Å². The maximum absolute atomic E-state index is 11.1. The van der Waals surface area contributed by atoms with Crippen LogP contribution in [0.15, 0.2) is 0 Å². The second kappa shape index (κ2) is 5.36. The fourth-order valence-electron chi connectivity index (χ4n) is 3.08. The predicted octanol–water partition coefficient (Wildman–Crippen LogP) is 1.83. The quantitative estimate of drug-likeness (QED) is 0.820. The van der Waals surface area contributed by atoms with E-state index in [1.807, 2.05) is 0 Å². The minimum absolute atomic E-state index is 0.0745. The normalized spacial score (nSPS) is 26.0. The summed E-state index contributed by atoms with van der Waals surface area (Å²) in [6.07, 6.45) is 5.10. The molecule has 1 heterocycles. The number of nitrogens with one attached hydrogen (secondary N) is 1. The van der Waals surface area contributed by atoms with Crippen molar-refractivity contribution in [2.75, 3.05) is 13.2 Å². The zero-order chi connectivity index (χ0) is 12.3. The Balaban J connectivity index is 1.86. The van der Waals surface area contributed by atoms with Gasteiger partial charge in [-0.15, -0.1) is 0 Å². The Morgan fingerprint density at radius 3 is 2.41 bits per heavy atom. The van der Waals surface area contributed by atoms with Gasteiger partial charge in [0.15, 0.2) is 5.79 Å². The molecule has 2 aliphatic rings. The van der Waals surface area contributed by atoms with Crippen LogP contribution in [0.5, 0.6) is 0 Å². The van der Waals surface area contributed by atoms with Gasteiger partial charge in [0.1, 0.15) is 0 Å².